The van der Waals surface area contributed by atoms with Crippen LogP contribution in [0.25, 0.3) is 0 Å². The molecule has 0 saturated carbocycles. The molecule has 0 aromatic carbocycles. The number of hydrogen-bond donors (Lipinski definition) is 1. The Kier molecular flexibility index (Phi) is 42.6. The summed E-state index contributed by atoms with van der Waals surface area (Å²) in [6, 6.07) is 0. The van der Waals surface area contributed by atoms with Crippen molar-refractivity contribution in [3.8, 4) is 0 Å². The van der Waals surface area contributed by atoms with Crippen molar-refractivity contribution < 1.29 is 42.1 Å². The van der Waals surface area contributed by atoms with Crippen LogP contribution in [0.1, 0.15) is 194 Å². The van der Waals surface area contributed by atoms with Crippen molar-refractivity contribution in [3.05, 3.63) is 12.2 Å². The van der Waals surface area contributed by atoms with E-state index in [4.69, 9.17) is 53.3 Å². The number of nitrogens with zero attached hydrogens (tertiary/aromatic N) is 1. The van der Waals surface area contributed by atoms with Gasteiger partial charge in [0.05, 0.1) is 27.7 Å². The van der Waals surface area contributed by atoms with Crippen LogP contribution in [0.4, 0.5) is 0 Å². The first kappa shape index (κ1) is 57.7. The van der Waals surface area contributed by atoms with E-state index < -0.39 is 30.8 Å². The van der Waals surface area contributed by atoms with Crippen LogP contribution >= 0.6 is 42.6 Å². The van der Waals surface area contributed by atoms with Crippen LogP contribution in [0.3, 0.4) is 0 Å². The molecule has 0 aromatic rings. The lowest BCUT2D eigenvalue weighted by atomic mass is 10.0. The highest BCUT2D eigenvalue weighted by atomic mass is 35.6. The van der Waals surface area contributed by atoms with Gasteiger partial charge in [-0.3, -0.25) is 18.6 Å². The molecule has 0 aliphatic carbocycles. The monoisotopic (exact) mass is 878 g/mol. The second-order valence-electron chi connectivity index (χ2n) is 16.0. The van der Waals surface area contributed by atoms with E-state index >= 15 is 0 Å². The summed E-state index contributed by atoms with van der Waals surface area (Å²) in [5.41, 5.74) is 0. The first-order valence-corrected chi connectivity index (χ1v) is 24.9. The number of ether oxygens (including phenoxy) is 2. The lowest BCUT2D eigenvalue weighted by Crippen LogP contribution is -2.37. The van der Waals surface area contributed by atoms with Gasteiger partial charge in [0, 0.05) is 12.8 Å². The number of carbonyl (C=O) groups is 2. The molecule has 0 amide bonds. The smallest absolute Gasteiger partial charge is 0.462 e. The van der Waals surface area contributed by atoms with Crippen molar-refractivity contribution in [1.82, 2.24) is 0 Å². The molecule has 0 aromatic heterocycles. The van der Waals surface area contributed by atoms with Gasteiger partial charge in [0.2, 0.25) is 0 Å². The number of phosphoric acid groups is 1. The number of alkyl halides is 3. The SMILES string of the molecule is CCCCCCCC/C=C\CCCCCCCC(=O)OC(COC(=O)CCCCCCCCCCCCCCC)COP(=O)(O)OCC[N+](C)(C)C.ClC(Cl)Cl. The van der Waals surface area contributed by atoms with Crippen LogP contribution in [-0.4, -0.2) is 79.2 Å². The summed E-state index contributed by atoms with van der Waals surface area (Å²) in [6.45, 7) is 4.42. The summed E-state index contributed by atoms with van der Waals surface area (Å²) in [7, 11) is 1.48. The number of quaternary nitrogens is 1. The van der Waals surface area contributed by atoms with E-state index in [1.807, 2.05) is 21.1 Å². The first-order chi connectivity index (χ1) is 26.7. The van der Waals surface area contributed by atoms with E-state index in [2.05, 4.69) is 26.0 Å². The molecule has 0 radical (unpaired) electrons. The second kappa shape index (κ2) is 41.4. The van der Waals surface area contributed by atoms with Crippen LogP contribution in [0.15, 0.2) is 12.2 Å². The van der Waals surface area contributed by atoms with Crippen LogP contribution < -0.4 is 0 Å². The van der Waals surface area contributed by atoms with Gasteiger partial charge in [0.1, 0.15) is 19.8 Å². The van der Waals surface area contributed by atoms with Crippen LogP contribution in [-0.2, 0) is 32.7 Å². The van der Waals surface area contributed by atoms with Gasteiger partial charge in [-0.25, -0.2) is 4.57 Å². The number of unbranched alkanes of at least 4 members (excludes halogenated alkanes) is 23. The number of phosphoric ester groups is 1. The highest BCUT2D eigenvalue weighted by molar-refractivity contribution is 7.47. The van der Waals surface area contributed by atoms with Crippen molar-refractivity contribution in [3.63, 3.8) is 0 Å². The molecular weight excluding hydrogens is 796 g/mol. The third-order valence-corrected chi connectivity index (χ3v) is 10.3. The zero-order valence-corrected chi connectivity index (χ0v) is 39.4. The lowest BCUT2D eigenvalue weighted by molar-refractivity contribution is -0.870. The highest BCUT2D eigenvalue weighted by Crippen LogP contribution is 2.43. The summed E-state index contributed by atoms with van der Waals surface area (Å²) in [4.78, 5) is 35.3. The third-order valence-electron chi connectivity index (χ3n) is 9.30. The summed E-state index contributed by atoms with van der Waals surface area (Å²) in [5.74, 6) is -0.801. The Morgan fingerprint density at radius 3 is 1.38 bits per heavy atom. The molecule has 0 fully saturated rings. The molecule has 0 aliphatic rings. The minimum absolute atomic E-state index is 0.0331. The predicted octanol–water partition coefficient (Wildman–Crippen LogP) is 13.8. The normalized spacial score (nSPS) is 13.4. The maximum absolute atomic E-state index is 12.7. The molecule has 2 atom stereocenters. The average Bonchev–Trinajstić information content (AvgIpc) is 3.12. The van der Waals surface area contributed by atoms with Gasteiger partial charge in [-0.15, -0.1) is 0 Å². The quantitative estimate of drug-likeness (QED) is 0.0162. The Hall–Kier alpha value is -0.380. The number of carbonyl (C=O) groups excluding carboxylic acids is 2. The third kappa shape index (κ3) is 49.8. The summed E-state index contributed by atoms with van der Waals surface area (Å²) < 4.78 is 33.5. The fraction of sp³-hybridized carbons (Fsp3) is 0.907. The Morgan fingerprint density at radius 2 is 0.964 bits per heavy atom. The Bertz CT molecular complexity index is 965. The molecule has 0 bridgehead atoms. The second-order valence-corrected chi connectivity index (χ2v) is 19.4. The van der Waals surface area contributed by atoms with Gasteiger partial charge in [-0.1, -0.05) is 189 Å². The first-order valence-electron chi connectivity index (χ1n) is 22.1. The molecule has 56 heavy (non-hydrogen) atoms. The topological polar surface area (TPSA) is 108 Å². The Morgan fingerprint density at radius 1 is 0.589 bits per heavy atom. The minimum atomic E-state index is -4.37. The van der Waals surface area contributed by atoms with E-state index in [9.17, 15) is 19.0 Å². The lowest BCUT2D eigenvalue weighted by Gasteiger charge is -2.24. The van der Waals surface area contributed by atoms with Crippen molar-refractivity contribution >= 4 is 54.6 Å². The zero-order valence-electron chi connectivity index (χ0n) is 36.3. The standard InChI is InChI=1S/C42H82NO8P.CHCl3/c1-6-8-10-12-14-16-18-20-21-23-25-27-29-31-33-35-42(45)51-40(39-50-52(46,47)49-37-36-43(3,4)5)38-48-41(44)34-32-30-28-26-24-22-19-17-15-13-11-9-7-2;2-1(3)4/h20-21,40H,6-19,22-39H2,1-5H3;1H/p+1/b21-20-;. The Labute approximate surface area is 358 Å². The highest BCUT2D eigenvalue weighted by Gasteiger charge is 2.27. The maximum atomic E-state index is 12.7. The maximum Gasteiger partial charge on any atom is 0.472 e. The van der Waals surface area contributed by atoms with E-state index in [1.165, 1.54) is 109 Å². The van der Waals surface area contributed by atoms with E-state index in [0.717, 1.165) is 51.4 Å². The summed E-state index contributed by atoms with van der Waals surface area (Å²) in [5, 5.41) is 0. The van der Waals surface area contributed by atoms with Crippen molar-refractivity contribution in [2.75, 3.05) is 47.5 Å². The number of likely N-dealkylation sites (N-methyl/N-ethyl adjacent to an activating group) is 1. The Balaban J connectivity index is 0. The molecule has 1 N–H and O–H groups in total. The molecule has 0 heterocycles. The van der Waals surface area contributed by atoms with Crippen molar-refractivity contribution in [2.24, 2.45) is 0 Å². The number of rotatable bonds is 39. The van der Waals surface area contributed by atoms with Crippen molar-refractivity contribution in [2.45, 2.75) is 204 Å². The fourth-order valence-corrected chi connectivity index (χ4v) is 6.63. The molecule has 334 valence electrons. The minimum Gasteiger partial charge on any atom is -0.462 e. The van der Waals surface area contributed by atoms with Gasteiger partial charge in [-0.2, -0.15) is 0 Å². The van der Waals surface area contributed by atoms with Gasteiger partial charge >= 0.3 is 19.8 Å². The van der Waals surface area contributed by atoms with E-state index in [-0.39, 0.29) is 25.6 Å². The molecule has 13 heteroatoms. The zero-order chi connectivity index (χ0) is 42.2. The summed E-state index contributed by atoms with van der Waals surface area (Å²) in [6.07, 6.45) is 35.3. The molecular formula is C43H84Cl3NO8P+. The number of hydrogen-bond acceptors (Lipinski definition) is 7. The molecule has 9 nitrogen and oxygen atoms in total. The fourth-order valence-electron chi connectivity index (χ4n) is 5.89. The summed E-state index contributed by atoms with van der Waals surface area (Å²) >= 11 is 14.4. The molecule has 0 aliphatic heterocycles. The predicted molar refractivity (Wildman–Crippen MR) is 237 cm³/mol. The van der Waals surface area contributed by atoms with Gasteiger partial charge in [0.25, 0.3) is 0 Å². The molecule has 0 rings (SSSR count). The van der Waals surface area contributed by atoms with E-state index in [0.29, 0.717) is 23.9 Å². The number of esters is 2. The largest absolute Gasteiger partial charge is 0.472 e. The molecule has 0 spiro atoms. The van der Waals surface area contributed by atoms with Crippen LogP contribution in [0.5, 0.6) is 0 Å². The number of halogens is 3. The molecule has 2 unspecified atom stereocenters. The van der Waals surface area contributed by atoms with Crippen molar-refractivity contribution in [1.29, 1.82) is 0 Å². The van der Waals surface area contributed by atoms with Gasteiger partial charge < -0.3 is 18.9 Å². The van der Waals surface area contributed by atoms with Crippen LogP contribution in [0.2, 0.25) is 0 Å². The average molecular weight is 880 g/mol. The van der Waals surface area contributed by atoms with Gasteiger partial charge in [-0.05, 0) is 38.5 Å². The number of allylic oxidation sites excluding steroid dienone is 2. The molecule has 0 saturated heterocycles. The van der Waals surface area contributed by atoms with E-state index in [1.54, 1.807) is 0 Å². The van der Waals surface area contributed by atoms with Crippen LogP contribution in [0, 0.1) is 0 Å². The van der Waals surface area contributed by atoms with Gasteiger partial charge in [0.15, 0.2) is 10.4 Å².